The maximum Gasteiger partial charge on any atom is 0.325 e. The van der Waals surface area contributed by atoms with Crippen LogP contribution in [0.1, 0.15) is 29.9 Å². The zero-order valence-electron chi connectivity index (χ0n) is 16.5. The number of nitrogens with one attached hydrogen (secondary N) is 2. The van der Waals surface area contributed by atoms with Gasteiger partial charge in [0.05, 0.1) is 19.2 Å². The first-order valence-electron chi connectivity index (χ1n) is 10.1. The molecule has 2 aliphatic heterocycles. The summed E-state index contributed by atoms with van der Waals surface area (Å²) in [6, 6.07) is 13.2. The van der Waals surface area contributed by atoms with Gasteiger partial charge in [-0.05, 0) is 48.2 Å². The summed E-state index contributed by atoms with van der Waals surface area (Å²) in [6.45, 7) is 3.00. The smallest absolute Gasteiger partial charge is 0.325 e. The van der Waals surface area contributed by atoms with Gasteiger partial charge in [0.1, 0.15) is 0 Å². The number of ether oxygens (including phenoxy) is 1. The monoisotopic (exact) mass is 396 g/mol. The Bertz CT molecular complexity index is 923. The lowest BCUT2D eigenvalue weighted by molar-refractivity contribution is 0.197. The average Bonchev–Trinajstić information content (AvgIpc) is 3.20. The molecule has 2 amide bonds. The molecular weight excluding hydrogens is 371 g/mol. The molecule has 29 heavy (non-hydrogen) atoms. The van der Waals surface area contributed by atoms with Crippen molar-refractivity contribution in [1.29, 1.82) is 0 Å². The number of carbonyl (C=O) groups is 1. The Balaban J connectivity index is 1.35. The van der Waals surface area contributed by atoms with E-state index >= 15 is 0 Å². The molecule has 3 aliphatic rings. The first-order chi connectivity index (χ1) is 14.1. The number of methoxy groups -OCH3 is 1. The van der Waals surface area contributed by atoms with Crippen molar-refractivity contribution in [2.24, 2.45) is 0 Å². The van der Waals surface area contributed by atoms with E-state index in [1.807, 2.05) is 21.9 Å². The highest BCUT2D eigenvalue weighted by Crippen LogP contribution is 2.48. The minimum absolute atomic E-state index is 0.0164. The van der Waals surface area contributed by atoms with Crippen LogP contribution >= 0.6 is 0 Å². The molecule has 0 radical (unpaired) electrons. The lowest BCUT2D eigenvalue weighted by Crippen LogP contribution is -2.35. The van der Waals surface area contributed by atoms with Gasteiger partial charge in [0, 0.05) is 31.2 Å². The van der Waals surface area contributed by atoms with Crippen LogP contribution in [0.3, 0.4) is 0 Å². The molecule has 3 fully saturated rings. The summed E-state index contributed by atoms with van der Waals surface area (Å²) in [6.07, 6.45) is 2.01. The summed E-state index contributed by atoms with van der Waals surface area (Å²) in [5, 5.41) is 0. The highest BCUT2D eigenvalue weighted by Gasteiger charge is 2.57. The second-order valence-electron chi connectivity index (χ2n) is 8.20. The largest absolute Gasteiger partial charge is 0.494 e. The van der Waals surface area contributed by atoms with Crippen molar-refractivity contribution in [2.45, 2.75) is 30.8 Å². The number of hydrazine groups is 1. The standard InChI is InChI=1S/C22H25FN4O2/c1-29-20-10-15(2-7-19(20)23)13-27-21(28)26(14-22(27)8-9-22)18-5-3-16(4-6-18)17-11-24-25-12-17/h2-7,10,17,24-25H,8-9,11-14H2,1H3. The Morgan fingerprint density at radius 3 is 2.52 bits per heavy atom. The number of urea groups is 1. The van der Waals surface area contributed by atoms with Crippen LogP contribution in [0.15, 0.2) is 42.5 Å². The number of hydrogen-bond donors (Lipinski definition) is 2. The molecule has 2 saturated heterocycles. The summed E-state index contributed by atoms with van der Waals surface area (Å²) in [4.78, 5) is 17.1. The van der Waals surface area contributed by atoms with E-state index in [2.05, 4.69) is 23.0 Å². The second-order valence-corrected chi connectivity index (χ2v) is 8.20. The van der Waals surface area contributed by atoms with E-state index in [9.17, 15) is 9.18 Å². The normalized spacial score (nSPS) is 20.7. The van der Waals surface area contributed by atoms with Gasteiger partial charge in [0.2, 0.25) is 0 Å². The average molecular weight is 396 g/mol. The van der Waals surface area contributed by atoms with E-state index < -0.39 is 0 Å². The van der Waals surface area contributed by atoms with E-state index in [4.69, 9.17) is 4.74 Å². The van der Waals surface area contributed by atoms with Crippen LogP contribution in [0, 0.1) is 5.82 Å². The van der Waals surface area contributed by atoms with Gasteiger partial charge in [-0.3, -0.25) is 15.8 Å². The maximum absolute atomic E-state index is 13.7. The number of amides is 2. The molecule has 1 saturated carbocycles. The molecule has 2 heterocycles. The van der Waals surface area contributed by atoms with Crippen molar-refractivity contribution < 1.29 is 13.9 Å². The maximum atomic E-state index is 13.7. The number of carbonyl (C=O) groups excluding carboxylic acids is 1. The van der Waals surface area contributed by atoms with Gasteiger partial charge < -0.3 is 9.64 Å². The quantitative estimate of drug-likeness (QED) is 0.816. The summed E-state index contributed by atoms with van der Waals surface area (Å²) < 4.78 is 18.8. The summed E-state index contributed by atoms with van der Waals surface area (Å²) in [5.74, 6) is 0.278. The second kappa shape index (κ2) is 7.00. The van der Waals surface area contributed by atoms with Crippen LogP contribution in [0.25, 0.3) is 0 Å². The Morgan fingerprint density at radius 1 is 1.14 bits per heavy atom. The highest BCUT2D eigenvalue weighted by atomic mass is 19.1. The van der Waals surface area contributed by atoms with Gasteiger partial charge in [0.15, 0.2) is 11.6 Å². The molecule has 1 spiro atoms. The van der Waals surface area contributed by atoms with Gasteiger partial charge in [0.25, 0.3) is 0 Å². The van der Waals surface area contributed by atoms with Crippen molar-refractivity contribution in [2.75, 3.05) is 31.6 Å². The number of rotatable bonds is 5. The third-order valence-corrected chi connectivity index (χ3v) is 6.37. The van der Waals surface area contributed by atoms with E-state index in [-0.39, 0.29) is 23.1 Å². The number of hydrogen-bond acceptors (Lipinski definition) is 4. The van der Waals surface area contributed by atoms with Crippen LogP contribution in [0.4, 0.5) is 14.9 Å². The molecule has 5 rings (SSSR count). The van der Waals surface area contributed by atoms with Crippen LogP contribution in [0.2, 0.25) is 0 Å². The Morgan fingerprint density at radius 2 is 1.86 bits per heavy atom. The Hall–Kier alpha value is -2.64. The fourth-order valence-corrected chi connectivity index (χ4v) is 4.42. The number of halogens is 1. The van der Waals surface area contributed by atoms with Gasteiger partial charge >= 0.3 is 6.03 Å². The fraction of sp³-hybridized carbons (Fsp3) is 0.409. The van der Waals surface area contributed by atoms with Crippen LogP contribution in [0.5, 0.6) is 5.75 Å². The molecule has 152 valence electrons. The zero-order valence-corrected chi connectivity index (χ0v) is 16.5. The number of benzene rings is 2. The van der Waals surface area contributed by atoms with Gasteiger partial charge in [-0.1, -0.05) is 18.2 Å². The van der Waals surface area contributed by atoms with E-state index in [0.717, 1.165) is 37.2 Å². The van der Waals surface area contributed by atoms with Gasteiger partial charge in [-0.15, -0.1) is 0 Å². The molecule has 6 nitrogen and oxygen atoms in total. The molecule has 0 bridgehead atoms. The first kappa shape index (κ1) is 18.4. The third-order valence-electron chi connectivity index (χ3n) is 6.37. The zero-order chi connectivity index (χ0) is 20.0. The molecular formula is C22H25FN4O2. The number of nitrogens with zero attached hydrogens (tertiary/aromatic N) is 2. The topological polar surface area (TPSA) is 56.8 Å². The summed E-state index contributed by atoms with van der Waals surface area (Å²) in [5.41, 5.74) is 9.29. The molecule has 2 N–H and O–H groups in total. The van der Waals surface area contributed by atoms with E-state index in [0.29, 0.717) is 19.0 Å². The van der Waals surface area contributed by atoms with Crippen LogP contribution < -0.4 is 20.5 Å². The lowest BCUT2D eigenvalue weighted by Gasteiger charge is -2.23. The van der Waals surface area contributed by atoms with Crippen molar-refractivity contribution in [1.82, 2.24) is 15.8 Å². The lowest BCUT2D eigenvalue weighted by atomic mass is 10.00. The highest BCUT2D eigenvalue weighted by molar-refractivity contribution is 5.96. The predicted octanol–water partition coefficient (Wildman–Crippen LogP) is 3.00. The van der Waals surface area contributed by atoms with Gasteiger partial charge in [-0.25, -0.2) is 9.18 Å². The molecule has 0 unspecified atom stereocenters. The molecule has 2 aromatic rings. The molecule has 0 aromatic heterocycles. The summed E-state index contributed by atoms with van der Waals surface area (Å²) >= 11 is 0. The molecule has 7 heteroatoms. The van der Waals surface area contributed by atoms with Gasteiger partial charge in [-0.2, -0.15) is 0 Å². The molecule has 1 aliphatic carbocycles. The van der Waals surface area contributed by atoms with Crippen molar-refractivity contribution in [3.8, 4) is 5.75 Å². The molecule has 0 atom stereocenters. The van der Waals surface area contributed by atoms with Crippen molar-refractivity contribution in [3.63, 3.8) is 0 Å². The third kappa shape index (κ3) is 3.24. The van der Waals surface area contributed by atoms with Crippen LogP contribution in [-0.4, -0.2) is 43.2 Å². The Labute approximate surface area is 169 Å². The van der Waals surface area contributed by atoms with E-state index in [1.165, 1.54) is 18.7 Å². The fourth-order valence-electron chi connectivity index (χ4n) is 4.42. The summed E-state index contributed by atoms with van der Waals surface area (Å²) in [7, 11) is 1.45. The van der Waals surface area contributed by atoms with Crippen molar-refractivity contribution in [3.05, 3.63) is 59.4 Å². The Kier molecular flexibility index (Phi) is 4.44. The SMILES string of the molecule is COc1cc(CN2C(=O)N(c3ccc(C4CNNC4)cc3)CC23CC3)ccc1F. The van der Waals surface area contributed by atoms with Crippen LogP contribution in [-0.2, 0) is 6.54 Å². The molecule has 2 aromatic carbocycles. The minimum atomic E-state index is -0.389. The predicted molar refractivity (Wildman–Crippen MR) is 108 cm³/mol. The van der Waals surface area contributed by atoms with Crippen molar-refractivity contribution >= 4 is 11.7 Å². The van der Waals surface area contributed by atoms with E-state index in [1.54, 1.807) is 12.1 Å². The minimum Gasteiger partial charge on any atom is -0.494 e. The number of anilines is 1. The first-order valence-corrected chi connectivity index (χ1v) is 10.1.